The number of hydrogen-bond donors (Lipinski definition) is 0. The smallest absolute Gasteiger partial charge is 0.122 e. The molecule has 1 aromatic carbocycles. The minimum absolute atomic E-state index is 0.873. The van der Waals surface area contributed by atoms with Gasteiger partial charge < -0.3 is 4.52 Å². The fourth-order valence-corrected chi connectivity index (χ4v) is 0.656. The van der Waals surface area contributed by atoms with Gasteiger partial charge >= 0.3 is 0 Å². The molecule has 1 unspecified atom stereocenters. The summed E-state index contributed by atoms with van der Waals surface area (Å²) in [5, 5.41) is 6.50. The first-order chi connectivity index (χ1) is 4.93. The van der Waals surface area contributed by atoms with Gasteiger partial charge in [0.25, 0.3) is 0 Å². The highest BCUT2D eigenvalue weighted by atomic mass is 31.0. The molecule has 0 aromatic heterocycles. The molecule has 2 nitrogen and oxygen atoms in total. The lowest BCUT2D eigenvalue weighted by molar-refractivity contribution is 0.646. The lowest BCUT2D eigenvalue weighted by Gasteiger charge is -1.93. The predicted molar refractivity (Wildman–Crippen MR) is 43.5 cm³/mol. The molecule has 0 amide bonds. The second-order valence-corrected chi connectivity index (χ2v) is 1.67. The van der Waals surface area contributed by atoms with Gasteiger partial charge in [-0.25, -0.2) is 5.26 Å². The van der Waals surface area contributed by atoms with Gasteiger partial charge in [0.15, 0.2) is 0 Å². The van der Waals surface area contributed by atoms with E-state index in [2.05, 4.69) is 16.0 Å². The molecule has 0 N–H and O–H groups in total. The summed E-state index contributed by atoms with van der Waals surface area (Å²) in [6.07, 6.45) is 0. The summed E-state index contributed by atoms with van der Waals surface area (Å²) >= 11 is 0. The second kappa shape index (κ2) is 6.07. The van der Waals surface area contributed by atoms with Gasteiger partial charge in [-0.3, -0.25) is 0 Å². The Balaban J connectivity index is 0.000000371. The van der Waals surface area contributed by atoms with Crippen molar-refractivity contribution in [3.05, 3.63) is 30.3 Å². The number of nitriles is 1. The average molecular weight is 153 g/mol. The molecule has 0 radical (unpaired) electrons. The van der Waals surface area contributed by atoms with E-state index >= 15 is 0 Å². The van der Waals surface area contributed by atoms with Crippen LogP contribution in [-0.2, 0) is 0 Å². The maximum absolute atomic E-state index is 6.50. The molecule has 0 aliphatic rings. The van der Waals surface area contributed by atoms with Gasteiger partial charge in [0.05, 0.1) is 9.47 Å². The molecular weight excluding hydrogens is 145 g/mol. The van der Waals surface area contributed by atoms with E-state index in [0.717, 1.165) is 5.75 Å². The maximum Gasteiger partial charge on any atom is 0.122 e. The Hall–Kier alpha value is -1.06. The van der Waals surface area contributed by atoms with Crippen LogP contribution < -0.4 is 4.52 Å². The minimum Gasteiger partial charge on any atom is -0.480 e. The van der Waals surface area contributed by atoms with Crippen molar-refractivity contribution in [3.8, 4) is 12.3 Å². The third-order valence-corrected chi connectivity index (χ3v) is 1.15. The number of benzene rings is 1. The number of para-hydroxylation sites is 1. The highest BCUT2D eigenvalue weighted by Crippen LogP contribution is 2.09. The normalized spacial score (nSPS) is 7.10. The summed E-state index contributed by atoms with van der Waals surface area (Å²) in [5.74, 6) is 0.873. The number of nitrogens with zero attached hydrogens (tertiary/aromatic N) is 1. The topological polar surface area (TPSA) is 33.0 Å². The molecule has 3 heteroatoms. The summed E-state index contributed by atoms with van der Waals surface area (Å²) in [4.78, 5) is 0. The molecule has 0 saturated heterocycles. The Bertz CT molecular complexity index is 185. The lowest BCUT2D eigenvalue weighted by Crippen LogP contribution is -1.68. The molecule has 0 aliphatic carbocycles. The van der Waals surface area contributed by atoms with Gasteiger partial charge in [0.1, 0.15) is 5.75 Å². The standard InChI is InChI=1S/C6H7OP.CHN/c8-7-6-4-2-1-3-5-6;1-2/h1-5H,8H2;1H. The van der Waals surface area contributed by atoms with E-state index < -0.39 is 0 Å². The van der Waals surface area contributed by atoms with Crippen LogP contribution in [0.2, 0.25) is 0 Å². The van der Waals surface area contributed by atoms with Crippen molar-refractivity contribution in [2.75, 3.05) is 0 Å². The molecule has 0 saturated carbocycles. The first kappa shape index (κ1) is 8.94. The molecule has 0 spiro atoms. The highest BCUT2D eigenvalue weighted by molar-refractivity contribution is 7.10. The average Bonchev–Trinajstić information content (AvgIpc) is 2.10. The monoisotopic (exact) mass is 153 g/mol. The minimum atomic E-state index is 0.873. The van der Waals surface area contributed by atoms with Crippen LogP contribution in [0.5, 0.6) is 5.75 Å². The second-order valence-electron chi connectivity index (χ2n) is 1.43. The SMILES string of the molecule is C#N.POc1ccccc1. The molecular formula is C7H8NOP. The van der Waals surface area contributed by atoms with Crippen molar-refractivity contribution in [1.29, 1.82) is 5.26 Å². The fraction of sp³-hybridized carbons (Fsp3) is 0. The van der Waals surface area contributed by atoms with E-state index in [4.69, 9.17) is 9.79 Å². The van der Waals surface area contributed by atoms with Crippen LogP contribution in [0.25, 0.3) is 0 Å². The first-order valence-electron chi connectivity index (χ1n) is 2.61. The van der Waals surface area contributed by atoms with Crippen LogP contribution in [0, 0.1) is 11.8 Å². The van der Waals surface area contributed by atoms with Gasteiger partial charge in [-0.1, -0.05) is 18.2 Å². The quantitative estimate of drug-likeness (QED) is 0.578. The van der Waals surface area contributed by atoms with E-state index in [9.17, 15) is 0 Å². The Morgan fingerprint density at radius 3 is 2.00 bits per heavy atom. The van der Waals surface area contributed by atoms with E-state index in [1.165, 1.54) is 0 Å². The zero-order chi connectivity index (χ0) is 7.82. The third-order valence-electron chi connectivity index (χ3n) is 0.879. The first-order valence-corrected chi connectivity index (χ1v) is 3.08. The zero-order valence-electron chi connectivity index (χ0n) is 5.40. The summed E-state index contributed by atoms with van der Waals surface area (Å²) in [6, 6.07) is 9.60. The van der Waals surface area contributed by atoms with Crippen molar-refractivity contribution in [2.45, 2.75) is 0 Å². The van der Waals surface area contributed by atoms with Crippen molar-refractivity contribution in [2.24, 2.45) is 0 Å². The van der Waals surface area contributed by atoms with Crippen LogP contribution in [0.1, 0.15) is 0 Å². The summed E-state index contributed by atoms with van der Waals surface area (Å²) < 4.78 is 4.83. The summed E-state index contributed by atoms with van der Waals surface area (Å²) in [6.45, 7) is 3.50. The number of hydrogen-bond acceptors (Lipinski definition) is 2. The van der Waals surface area contributed by atoms with Gasteiger partial charge in [-0.2, -0.15) is 0 Å². The van der Waals surface area contributed by atoms with E-state index in [1.807, 2.05) is 30.3 Å². The molecule has 0 heterocycles. The van der Waals surface area contributed by atoms with Gasteiger partial charge in [0, 0.05) is 6.57 Å². The van der Waals surface area contributed by atoms with Crippen molar-refractivity contribution in [3.63, 3.8) is 0 Å². The van der Waals surface area contributed by atoms with Gasteiger partial charge in [-0.15, -0.1) is 0 Å². The maximum atomic E-state index is 6.50. The number of rotatable bonds is 1. The Labute approximate surface area is 62.7 Å². The highest BCUT2D eigenvalue weighted by Gasteiger charge is 1.80. The third kappa shape index (κ3) is 3.06. The van der Waals surface area contributed by atoms with E-state index in [-0.39, 0.29) is 0 Å². The molecule has 0 fully saturated rings. The molecule has 0 bridgehead atoms. The zero-order valence-corrected chi connectivity index (χ0v) is 6.55. The van der Waals surface area contributed by atoms with Crippen LogP contribution in [0.15, 0.2) is 30.3 Å². The van der Waals surface area contributed by atoms with Crippen LogP contribution in [-0.4, -0.2) is 0 Å². The van der Waals surface area contributed by atoms with Crippen molar-refractivity contribution < 1.29 is 4.52 Å². The Morgan fingerprint density at radius 2 is 1.70 bits per heavy atom. The van der Waals surface area contributed by atoms with Crippen LogP contribution in [0.3, 0.4) is 0 Å². The largest absolute Gasteiger partial charge is 0.480 e. The molecule has 1 rings (SSSR count). The Kier molecular flexibility index (Phi) is 5.42. The molecule has 10 heavy (non-hydrogen) atoms. The lowest BCUT2D eigenvalue weighted by atomic mass is 10.3. The van der Waals surface area contributed by atoms with E-state index in [1.54, 1.807) is 0 Å². The Morgan fingerprint density at radius 1 is 1.20 bits per heavy atom. The van der Waals surface area contributed by atoms with Gasteiger partial charge in [-0.05, 0) is 12.1 Å². The molecule has 1 atom stereocenters. The van der Waals surface area contributed by atoms with E-state index in [0.29, 0.717) is 0 Å². The predicted octanol–water partition coefficient (Wildman–Crippen LogP) is 2.00. The van der Waals surface area contributed by atoms with Crippen LogP contribution >= 0.6 is 9.47 Å². The summed E-state index contributed by atoms with van der Waals surface area (Å²) in [5.41, 5.74) is 0. The summed E-state index contributed by atoms with van der Waals surface area (Å²) in [7, 11) is 2.19. The van der Waals surface area contributed by atoms with Crippen molar-refractivity contribution >= 4 is 9.47 Å². The van der Waals surface area contributed by atoms with Gasteiger partial charge in [0.2, 0.25) is 0 Å². The molecule has 1 aromatic rings. The fourth-order valence-electron chi connectivity index (χ4n) is 0.499. The molecule has 52 valence electrons. The van der Waals surface area contributed by atoms with Crippen molar-refractivity contribution in [1.82, 2.24) is 0 Å². The van der Waals surface area contributed by atoms with Crippen LogP contribution in [0.4, 0.5) is 0 Å². The molecule has 0 aliphatic heterocycles.